The van der Waals surface area contributed by atoms with E-state index in [0.717, 1.165) is 17.2 Å². The molecule has 0 atom stereocenters. The number of benzene rings is 2. The lowest BCUT2D eigenvalue weighted by atomic mass is 9.95. The van der Waals surface area contributed by atoms with Crippen molar-refractivity contribution in [3.05, 3.63) is 58.7 Å². The van der Waals surface area contributed by atoms with Crippen molar-refractivity contribution in [2.45, 2.75) is 20.0 Å². The number of carboxylic acids is 1. The number of hydrogen-bond donors (Lipinski definition) is 1. The second kappa shape index (κ2) is 5.24. The molecular weight excluding hydrogens is 281 g/mol. The van der Waals surface area contributed by atoms with Crippen LogP contribution in [0.3, 0.4) is 0 Å². The van der Waals surface area contributed by atoms with Gasteiger partial charge >= 0.3 is 12.1 Å². The Morgan fingerprint density at radius 1 is 1.05 bits per heavy atom. The van der Waals surface area contributed by atoms with E-state index in [0.29, 0.717) is 11.6 Å². The summed E-state index contributed by atoms with van der Waals surface area (Å²) in [5, 5.41) is 8.99. The summed E-state index contributed by atoms with van der Waals surface area (Å²) in [4.78, 5) is 11.0. The van der Waals surface area contributed by atoms with Crippen LogP contribution in [-0.4, -0.2) is 11.1 Å². The van der Waals surface area contributed by atoms with Crippen LogP contribution in [0.1, 0.15) is 27.0 Å². The molecule has 0 saturated heterocycles. The lowest BCUT2D eigenvalue weighted by Crippen LogP contribution is -2.08. The molecule has 0 aliphatic heterocycles. The molecule has 0 aliphatic rings. The van der Waals surface area contributed by atoms with Gasteiger partial charge in [-0.25, -0.2) is 4.79 Å². The quantitative estimate of drug-likeness (QED) is 0.872. The summed E-state index contributed by atoms with van der Waals surface area (Å²) in [6.07, 6.45) is -4.58. The number of halogens is 3. The average molecular weight is 294 g/mol. The third kappa shape index (κ3) is 3.24. The maximum atomic E-state index is 12.9. The van der Waals surface area contributed by atoms with Crippen LogP contribution < -0.4 is 0 Å². The summed E-state index contributed by atoms with van der Waals surface area (Å²) in [7, 11) is 0. The third-order valence-electron chi connectivity index (χ3n) is 3.20. The fourth-order valence-electron chi connectivity index (χ4n) is 2.21. The minimum atomic E-state index is -4.58. The summed E-state index contributed by atoms with van der Waals surface area (Å²) in [5.74, 6) is -1.38. The SMILES string of the molecule is Cc1ccc(-c2cc(C(=O)O)cc(C(F)(F)F)c2)c(C)c1. The highest BCUT2D eigenvalue weighted by molar-refractivity contribution is 5.90. The number of rotatable bonds is 2. The fraction of sp³-hybridized carbons (Fsp3) is 0.188. The second-order valence-electron chi connectivity index (χ2n) is 4.92. The Balaban J connectivity index is 2.68. The zero-order valence-electron chi connectivity index (χ0n) is 11.5. The molecule has 0 spiro atoms. The van der Waals surface area contributed by atoms with Crippen molar-refractivity contribution in [1.82, 2.24) is 0 Å². The molecule has 2 nitrogen and oxygen atoms in total. The predicted octanol–water partition coefficient (Wildman–Crippen LogP) is 4.69. The number of aromatic carboxylic acids is 1. The monoisotopic (exact) mass is 294 g/mol. The van der Waals surface area contributed by atoms with E-state index in [2.05, 4.69) is 0 Å². The van der Waals surface area contributed by atoms with Gasteiger partial charge in [0.1, 0.15) is 0 Å². The molecular formula is C16H13F3O2. The molecule has 0 bridgehead atoms. The number of hydrogen-bond acceptors (Lipinski definition) is 1. The molecule has 0 radical (unpaired) electrons. The van der Waals surface area contributed by atoms with E-state index in [9.17, 15) is 18.0 Å². The number of aryl methyl sites for hydroxylation is 2. The molecule has 0 amide bonds. The molecule has 0 aliphatic carbocycles. The lowest BCUT2D eigenvalue weighted by Gasteiger charge is -2.13. The molecule has 0 unspecified atom stereocenters. The third-order valence-corrected chi connectivity index (χ3v) is 3.20. The van der Waals surface area contributed by atoms with Crippen LogP contribution in [0.15, 0.2) is 36.4 Å². The Labute approximate surface area is 119 Å². The molecule has 1 N–H and O–H groups in total. The molecule has 0 heterocycles. The highest BCUT2D eigenvalue weighted by Gasteiger charge is 2.32. The summed E-state index contributed by atoms with van der Waals surface area (Å²) < 4.78 is 38.7. The van der Waals surface area contributed by atoms with E-state index in [4.69, 9.17) is 5.11 Å². The smallest absolute Gasteiger partial charge is 0.416 e. The van der Waals surface area contributed by atoms with Crippen molar-refractivity contribution in [2.75, 3.05) is 0 Å². The first-order valence-corrected chi connectivity index (χ1v) is 6.21. The van der Waals surface area contributed by atoms with Crippen molar-refractivity contribution in [1.29, 1.82) is 0 Å². The summed E-state index contributed by atoms with van der Waals surface area (Å²) >= 11 is 0. The number of carbonyl (C=O) groups is 1. The Kier molecular flexibility index (Phi) is 3.77. The first-order valence-electron chi connectivity index (χ1n) is 6.21. The van der Waals surface area contributed by atoms with Crippen LogP contribution in [0.25, 0.3) is 11.1 Å². The Morgan fingerprint density at radius 2 is 1.71 bits per heavy atom. The molecule has 110 valence electrons. The van der Waals surface area contributed by atoms with Crippen molar-refractivity contribution >= 4 is 5.97 Å². The van der Waals surface area contributed by atoms with Gasteiger partial charge in [0, 0.05) is 0 Å². The van der Waals surface area contributed by atoms with Crippen LogP contribution in [0.4, 0.5) is 13.2 Å². The van der Waals surface area contributed by atoms with Crippen LogP contribution in [0, 0.1) is 13.8 Å². The number of carboxylic acid groups (broad SMARTS) is 1. The van der Waals surface area contributed by atoms with E-state index in [1.54, 1.807) is 19.1 Å². The lowest BCUT2D eigenvalue weighted by molar-refractivity contribution is -0.137. The van der Waals surface area contributed by atoms with Crippen molar-refractivity contribution in [3.8, 4) is 11.1 Å². The zero-order chi connectivity index (χ0) is 15.8. The zero-order valence-corrected chi connectivity index (χ0v) is 11.5. The van der Waals surface area contributed by atoms with E-state index in [-0.39, 0.29) is 11.1 Å². The van der Waals surface area contributed by atoms with Crippen molar-refractivity contribution in [3.63, 3.8) is 0 Å². The largest absolute Gasteiger partial charge is 0.478 e. The van der Waals surface area contributed by atoms with Crippen LogP contribution in [0.5, 0.6) is 0 Å². The van der Waals surface area contributed by atoms with Gasteiger partial charge in [-0.05, 0) is 48.7 Å². The second-order valence-corrected chi connectivity index (χ2v) is 4.92. The van der Waals surface area contributed by atoms with Crippen LogP contribution in [-0.2, 0) is 6.18 Å². The van der Waals surface area contributed by atoms with Gasteiger partial charge in [0.15, 0.2) is 0 Å². The average Bonchev–Trinajstić information content (AvgIpc) is 2.37. The first-order chi connectivity index (χ1) is 9.68. The molecule has 2 rings (SSSR count). The van der Waals surface area contributed by atoms with E-state index >= 15 is 0 Å². The molecule has 2 aromatic carbocycles. The van der Waals surface area contributed by atoms with Gasteiger partial charge in [0.25, 0.3) is 0 Å². The molecule has 21 heavy (non-hydrogen) atoms. The Hall–Kier alpha value is -2.30. The standard InChI is InChI=1S/C16H13F3O2/c1-9-3-4-14(10(2)5-9)11-6-12(15(20)21)8-13(7-11)16(17,18)19/h3-8H,1-2H3,(H,20,21). The highest BCUT2D eigenvalue weighted by atomic mass is 19.4. The maximum Gasteiger partial charge on any atom is 0.416 e. The van der Waals surface area contributed by atoms with Gasteiger partial charge in [-0.15, -0.1) is 0 Å². The maximum absolute atomic E-state index is 12.9. The van der Waals surface area contributed by atoms with Gasteiger partial charge in [-0.3, -0.25) is 0 Å². The summed E-state index contributed by atoms with van der Waals surface area (Å²) in [6, 6.07) is 8.21. The first kappa shape index (κ1) is 15.1. The van der Waals surface area contributed by atoms with Gasteiger partial charge in [-0.1, -0.05) is 23.8 Å². The minimum Gasteiger partial charge on any atom is -0.478 e. The van der Waals surface area contributed by atoms with Crippen molar-refractivity contribution < 1.29 is 23.1 Å². The van der Waals surface area contributed by atoms with Gasteiger partial charge in [-0.2, -0.15) is 13.2 Å². The molecule has 0 aromatic heterocycles. The molecule has 0 saturated carbocycles. The van der Waals surface area contributed by atoms with Gasteiger partial charge in [0.2, 0.25) is 0 Å². The number of alkyl halides is 3. The fourth-order valence-corrected chi connectivity index (χ4v) is 2.21. The summed E-state index contributed by atoms with van der Waals surface area (Å²) in [6.45, 7) is 3.66. The van der Waals surface area contributed by atoms with E-state index in [1.165, 1.54) is 6.07 Å². The van der Waals surface area contributed by atoms with Gasteiger partial charge in [0.05, 0.1) is 11.1 Å². The normalized spacial score (nSPS) is 11.5. The van der Waals surface area contributed by atoms with Crippen LogP contribution >= 0.6 is 0 Å². The summed E-state index contributed by atoms with van der Waals surface area (Å²) in [5.41, 5.74) is 1.29. The Bertz CT molecular complexity index is 703. The van der Waals surface area contributed by atoms with Crippen molar-refractivity contribution in [2.24, 2.45) is 0 Å². The minimum absolute atomic E-state index is 0.250. The van der Waals surface area contributed by atoms with E-state index in [1.807, 2.05) is 13.0 Å². The molecule has 0 fully saturated rings. The highest BCUT2D eigenvalue weighted by Crippen LogP contribution is 2.34. The van der Waals surface area contributed by atoms with E-state index < -0.39 is 17.7 Å². The topological polar surface area (TPSA) is 37.3 Å². The van der Waals surface area contributed by atoms with Crippen LogP contribution in [0.2, 0.25) is 0 Å². The predicted molar refractivity (Wildman–Crippen MR) is 73.3 cm³/mol. The Morgan fingerprint density at radius 3 is 2.24 bits per heavy atom. The van der Waals surface area contributed by atoms with Gasteiger partial charge < -0.3 is 5.11 Å². The molecule has 5 heteroatoms. The molecule has 2 aromatic rings.